The van der Waals surface area contributed by atoms with Gasteiger partial charge in [0.15, 0.2) is 0 Å². The van der Waals surface area contributed by atoms with Gasteiger partial charge in [-0.15, -0.1) is 0 Å². The first kappa shape index (κ1) is 11.2. The summed E-state index contributed by atoms with van der Waals surface area (Å²) in [6.45, 7) is 0. The summed E-state index contributed by atoms with van der Waals surface area (Å²) >= 11 is 0. The molecule has 4 nitrogen and oxygen atoms in total. The van der Waals surface area contributed by atoms with Crippen LogP contribution in [0.25, 0.3) is 0 Å². The number of hydrogen-bond donors (Lipinski definition) is 4. The fraction of sp³-hybridized carbons (Fsp3) is 0.500. The van der Waals surface area contributed by atoms with Crippen molar-refractivity contribution in [3.63, 3.8) is 0 Å². The fourth-order valence-corrected chi connectivity index (χ4v) is 2.38. The van der Waals surface area contributed by atoms with E-state index in [9.17, 15) is 0 Å². The van der Waals surface area contributed by atoms with Crippen molar-refractivity contribution in [2.45, 2.75) is 37.3 Å². The summed E-state index contributed by atoms with van der Waals surface area (Å²) in [5, 5.41) is 0. The van der Waals surface area contributed by atoms with E-state index in [1.807, 2.05) is 18.2 Å². The molecule has 0 saturated heterocycles. The van der Waals surface area contributed by atoms with Crippen LogP contribution in [-0.4, -0.2) is 12.1 Å². The van der Waals surface area contributed by atoms with Crippen LogP contribution in [0.1, 0.15) is 30.7 Å². The molecule has 0 amide bonds. The Hall–Kier alpha value is -1.26. The van der Waals surface area contributed by atoms with Crippen molar-refractivity contribution in [1.82, 2.24) is 0 Å². The summed E-state index contributed by atoms with van der Waals surface area (Å²) in [5.74, 6) is 0.470. The van der Waals surface area contributed by atoms with Gasteiger partial charge in [0.25, 0.3) is 0 Å². The first-order valence-corrected chi connectivity index (χ1v) is 5.74. The number of nitrogen functional groups attached to an aromatic ring is 2. The monoisotopic (exact) mass is 220 g/mol. The lowest BCUT2D eigenvalue weighted by molar-refractivity contribution is 0.347. The average Bonchev–Trinajstić information content (AvgIpc) is 2.26. The molecule has 1 aliphatic rings. The maximum atomic E-state index is 5.99. The highest BCUT2D eigenvalue weighted by Gasteiger charge is 2.26. The molecule has 2 rings (SSSR count). The Kier molecular flexibility index (Phi) is 3.03. The van der Waals surface area contributed by atoms with Crippen molar-refractivity contribution < 1.29 is 0 Å². The fourth-order valence-electron chi connectivity index (χ4n) is 2.38. The molecule has 3 atom stereocenters. The largest absolute Gasteiger partial charge is 0.397 e. The maximum Gasteiger partial charge on any atom is 0.0550 e. The van der Waals surface area contributed by atoms with E-state index in [1.165, 1.54) is 5.56 Å². The molecule has 0 bridgehead atoms. The Morgan fingerprint density at radius 1 is 0.938 bits per heavy atom. The first-order valence-electron chi connectivity index (χ1n) is 5.74. The molecule has 1 aromatic rings. The van der Waals surface area contributed by atoms with Crippen LogP contribution < -0.4 is 22.9 Å². The minimum Gasteiger partial charge on any atom is -0.397 e. The standard InChI is InChI=1S/C12H20N4/c13-9-3-1-7(5-11(9)15)8-2-4-10(14)12(16)6-8/h1,3,5,8,10,12H,2,4,6,13-16H2. The quantitative estimate of drug-likeness (QED) is 0.525. The summed E-state index contributed by atoms with van der Waals surface area (Å²) in [4.78, 5) is 0. The SMILES string of the molecule is Nc1ccc(C2CCC(N)C(N)C2)cc1N. The van der Waals surface area contributed by atoms with Crippen molar-refractivity contribution in [3.8, 4) is 0 Å². The third-order valence-electron chi connectivity index (χ3n) is 3.54. The minimum atomic E-state index is 0.0949. The maximum absolute atomic E-state index is 5.99. The first-order chi connectivity index (χ1) is 7.58. The number of rotatable bonds is 1. The van der Waals surface area contributed by atoms with E-state index < -0.39 is 0 Å². The molecule has 0 spiro atoms. The second-order valence-electron chi connectivity index (χ2n) is 4.73. The van der Waals surface area contributed by atoms with Gasteiger partial charge in [-0.1, -0.05) is 6.07 Å². The highest BCUT2D eigenvalue weighted by Crippen LogP contribution is 2.33. The zero-order valence-electron chi connectivity index (χ0n) is 9.39. The van der Waals surface area contributed by atoms with Crippen molar-refractivity contribution in [1.29, 1.82) is 0 Å². The van der Waals surface area contributed by atoms with Crippen LogP contribution in [0.4, 0.5) is 11.4 Å². The molecule has 1 saturated carbocycles. The highest BCUT2D eigenvalue weighted by molar-refractivity contribution is 5.64. The predicted octanol–water partition coefficient (Wildman–Crippen LogP) is 0.773. The van der Waals surface area contributed by atoms with E-state index in [2.05, 4.69) is 0 Å². The summed E-state index contributed by atoms with van der Waals surface area (Å²) in [6.07, 6.45) is 3.00. The Labute approximate surface area is 96.0 Å². The van der Waals surface area contributed by atoms with Crippen molar-refractivity contribution in [2.24, 2.45) is 11.5 Å². The molecule has 3 unspecified atom stereocenters. The van der Waals surface area contributed by atoms with Gasteiger partial charge in [-0.25, -0.2) is 0 Å². The molecular weight excluding hydrogens is 200 g/mol. The Balaban J connectivity index is 2.15. The van der Waals surface area contributed by atoms with E-state index in [4.69, 9.17) is 22.9 Å². The van der Waals surface area contributed by atoms with Gasteiger partial charge < -0.3 is 22.9 Å². The van der Waals surface area contributed by atoms with Gasteiger partial charge in [-0.2, -0.15) is 0 Å². The van der Waals surface area contributed by atoms with Crippen LogP contribution in [-0.2, 0) is 0 Å². The molecule has 0 radical (unpaired) electrons. The van der Waals surface area contributed by atoms with Crippen LogP contribution in [0.3, 0.4) is 0 Å². The topological polar surface area (TPSA) is 104 Å². The summed E-state index contributed by atoms with van der Waals surface area (Å²) in [7, 11) is 0. The summed E-state index contributed by atoms with van der Waals surface area (Å²) < 4.78 is 0. The van der Waals surface area contributed by atoms with Crippen molar-refractivity contribution in [3.05, 3.63) is 23.8 Å². The lowest BCUT2D eigenvalue weighted by Gasteiger charge is -2.32. The van der Waals surface area contributed by atoms with E-state index in [0.717, 1.165) is 19.3 Å². The Morgan fingerprint density at radius 3 is 2.31 bits per heavy atom. The average molecular weight is 220 g/mol. The Bertz CT molecular complexity index is 377. The molecule has 16 heavy (non-hydrogen) atoms. The predicted molar refractivity (Wildman–Crippen MR) is 67.8 cm³/mol. The Morgan fingerprint density at radius 2 is 1.69 bits per heavy atom. The van der Waals surface area contributed by atoms with Gasteiger partial charge in [0.1, 0.15) is 0 Å². The van der Waals surface area contributed by atoms with Gasteiger partial charge in [0.2, 0.25) is 0 Å². The van der Waals surface area contributed by atoms with E-state index in [1.54, 1.807) is 0 Å². The molecule has 88 valence electrons. The van der Waals surface area contributed by atoms with E-state index in [-0.39, 0.29) is 12.1 Å². The van der Waals surface area contributed by atoms with Gasteiger partial charge in [0.05, 0.1) is 11.4 Å². The molecule has 0 aliphatic heterocycles. The molecule has 1 aliphatic carbocycles. The third-order valence-corrected chi connectivity index (χ3v) is 3.54. The minimum absolute atomic E-state index is 0.0949. The number of nitrogens with two attached hydrogens (primary N) is 4. The van der Waals surface area contributed by atoms with E-state index >= 15 is 0 Å². The van der Waals surface area contributed by atoms with Crippen LogP contribution in [0, 0.1) is 0 Å². The molecule has 1 fully saturated rings. The number of hydrogen-bond acceptors (Lipinski definition) is 4. The second kappa shape index (κ2) is 4.31. The van der Waals surface area contributed by atoms with Crippen molar-refractivity contribution >= 4 is 11.4 Å². The lowest BCUT2D eigenvalue weighted by atomic mass is 9.79. The summed E-state index contributed by atoms with van der Waals surface area (Å²) in [5.41, 5.74) is 25.9. The van der Waals surface area contributed by atoms with Crippen LogP contribution >= 0.6 is 0 Å². The van der Waals surface area contributed by atoms with Gasteiger partial charge in [-0.3, -0.25) is 0 Å². The molecule has 0 heterocycles. The number of anilines is 2. The molecular formula is C12H20N4. The lowest BCUT2D eigenvalue weighted by Crippen LogP contribution is -2.45. The zero-order chi connectivity index (χ0) is 11.7. The molecule has 8 N–H and O–H groups in total. The summed E-state index contributed by atoms with van der Waals surface area (Å²) in [6, 6.07) is 6.11. The van der Waals surface area contributed by atoms with Gasteiger partial charge >= 0.3 is 0 Å². The van der Waals surface area contributed by atoms with E-state index in [0.29, 0.717) is 17.3 Å². The number of benzene rings is 1. The molecule has 1 aromatic carbocycles. The smallest absolute Gasteiger partial charge is 0.0550 e. The highest BCUT2D eigenvalue weighted by atomic mass is 14.8. The van der Waals surface area contributed by atoms with Gasteiger partial charge in [0, 0.05) is 12.1 Å². The van der Waals surface area contributed by atoms with Crippen LogP contribution in [0.2, 0.25) is 0 Å². The molecule has 0 aromatic heterocycles. The van der Waals surface area contributed by atoms with Gasteiger partial charge in [-0.05, 0) is 42.9 Å². The second-order valence-corrected chi connectivity index (χ2v) is 4.73. The van der Waals surface area contributed by atoms with Crippen LogP contribution in [0.5, 0.6) is 0 Å². The molecule has 4 heteroatoms. The zero-order valence-corrected chi connectivity index (χ0v) is 9.39. The van der Waals surface area contributed by atoms with Crippen molar-refractivity contribution in [2.75, 3.05) is 11.5 Å². The van der Waals surface area contributed by atoms with Crippen LogP contribution in [0.15, 0.2) is 18.2 Å². The third kappa shape index (κ3) is 2.13. The normalized spacial score (nSPS) is 30.2.